The van der Waals surface area contributed by atoms with E-state index in [0.29, 0.717) is 11.1 Å². The number of esters is 1. The molecule has 0 bridgehead atoms. The van der Waals surface area contributed by atoms with E-state index in [1.54, 1.807) is 12.1 Å². The summed E-state index contributed by atoms with van der Waals surface area (Å²) < 4.78 is 50.6. The minimum atomic E-state index is -2.04. The summed E-state index contributed by atoms with van der Waals surface area (Å²) >= 11 is 0. The van der Waals surface area contributed by atoms with Crippen LogP contribution in [0.25, 0.3) is 6.08 Å². The van der Waals surface area contributed by atoms with E-state index in [0.717, 1.165) is 6.08 Å². The Kier molecular flexibility index (Phi) is 14.3. The number of aliphatic hydroxyl groups excluding tert-OH is 6. The lowest BCUT2D eigenvalue weighted by Crippen LogP contribution is -2.65. The molecule has 0 amide bonds. The van der Waals surface area contributed by atoms with Crippen molar-refractivity contribution in [2.24, 2.45) is 0 Å². The van der Waals surface area contributed by atoms with Crippen molar-refractivity contribution in [3.63, 3.8) is 0 Å². The summed E-state index contributed by atoms with van der Waals surface area (Å²) in [6, 6.07) is 9.00. The van der Waals surface area contributed by atoms with Crippen LogP contribution < -0.4 is 9.47 Å². The molecule has 3 aliphatic rings. The molecule has 0 unspecified atom stereocenters. The first-order valence-electron chi connectivity index (χ1n) is 17.4. The lowest BCUT2D eigenvalue weighted by Gasteiger charge is -2.46. The fourth-order valence-corrected chi connectivity index (χ4v) is 6.19. The molecule has 3 fully saturated rings. The van der Waals surface area contributed by atoms with Gasteiger partial charge in [0.15, 0.2) is 48.0 Å². The van der Waals surface area contributed by atoms with Crippen LogP contribution in [0, 0.1) is 0 Å². The molecular formula is C36H48O19. The fourth-order valence-electron chi connectivity index (χ4n) is 6.19. The molecule has 2 aromatic rings. The first kappa shape index (κ1) is 42.5. The molecule has 0 saturated carbocycles. The molecule has 19 nitrogen and oxygen atoms in total. The molecule has 306 valence electrons. The molecular weight excluding hydrogens is 736 g/mol. The second-order valence-corrected chi connectivity index (χ2v) is 13.3. The van der Waals surface area contributed by atoms with Gasteiger partial charge in [0.2, 0.25) is 0 Å². The maximum absolute atomic E-state index is 13.4. The van der Waals surface area contributed by atoms with Crippen LogP contribution in [-0.4, -0.2) is 172 Å². The summed E-state index contributed by atoms with van der Waals surface area (Å²) in [6.45, 7) is -0.579. The highest BCUT2D eigenvalue weighted by Gasteiger charge is 2.54. The fraction of sp³-hybridized carbons (Fsp3) is 0.583. The van der Waals surface area contributed by atoms with Gasteiger partial charge in [-0.05, 0) is 54.8 Å². The number of hydrogen-bond acceptors (Lipinski definition) is 19. The van der Waals surface area contributed by atoms with Gasteiger partial charge in [0.25, 0.3) is 0 Å². The van der Waals surface area contributed by atoms with Gasteiger partial charge in [-0.25, -0.2) is 4.79 Å². The lowest BCUT2D eigenvalue weighted by atomic mass is 9.96. The van der Waals surface area contributed by atoms with Crippen LogP contribution in [0.5, 0.6) is 23.0 Å². The first-order chi connectivity index (χ1) is 26.2. The Bertz CT molecular complexity index is 1610. The smallest absolute Gasteiger partial charge is 0.331 e. The third-order valence-corrected chi connectivity index (χ3v) is 9.50. The van der Waals surface area contributed by atoms with Crippen molar-refractivity contribution in [3.8, 4) is 23.0 Å². The Morgan fingerprint density at radius 2 is 1.60 bits per heavy atom. The second-order valence-electron chi connectivity index (χ2n) is 13.3. The number of carbonyl (C=O) groups excluding carboxylic acids is 1. The SMILES string of the molecule is COc1ccc(CCO[C@@H]2O[C@H](CO[C@H]3OC[C@](O)(CO)[C@H]3O)[C@@H](OC(=O)C=Cc3ccc(O)c(OC)c3)[C@H](O[C@H]3O[C@@H](C)[C@H](O)[C@@H](O)[C@H]3O)[C@H]2O)cc1O. The first-order valence-corrected chi connectivity index (χ1v) is 17.4. The number of rotatable bonds is 15. The number of carbonyl (C=O) groups is 1. The predicted molar refractivity (Wildman–Crippen MR) is 184 cm³/mol. The Morgan fingerprint density at radius 1 is 0.855 bits per heavy atom. The van der Waals surface area contributed by atoms with Gasteiger partial charge in [-0.15, -0.1) is 0 Å². The average molecular weight is 785 g/mol. The zero-order valence-electron chi connectivity index (χ0n) is 30.2. The van der Waals surface area contributed by atoms with E-state index in [-0.39, 0.29) is 36.0 Å². The summed E-state index contributed by atoms with van der Waals surface area (Å²) in [7, 11) is 2.75. The average Bonchev–Trinajstić information content (AvgIpc) is 3.46. The topological polar surface area (TPSA) is 282 Å². The van der Waals surface area contributed by atoms with Crippen molar-refractivity contribution in [2.45, 2.75) is 92.8 Å². The summed E-state index contributed by atoms with van der Waals surface area (Å²) in [5.41, 5.74) is -0.974. The number of aromatic hydroxyl groups is 2. The number of phenolic OH excluding ortho intramolecular Hbond substituents is 2. The zero-order valence-corrected chi connectivity index (χ0v) is 30.2. The number of hydrogen-bond donors (Lipinski definition) is 9. The Balaban J connectivity index is 1.42. The van der Waals surface area contributed by atoms with Gasteiger partial charge in [0, 0.05) is 6.08 Å². The molecule has 19 heteroatoms. The third kappa shape index (κ3) is 9.84. The minimum Gasteiger partial charge on any atom is -0.504 e. The van der Waals surface area contributed by atoms with E-state index in [2.05, 4.69) is 0 Å². The molecule has 3 aliphatic heterocycles. The summed E-state index contributed by atoms with van der Waals surface area (Å²) in [6.07, 6.45) is -16.4. The molecule has 0 aromatic heterocycles. The summed E-state index contributed by atoms with van der Waals surface area (Å²) in [4.78, 5) is 13.4. The third-order valence-electron chi connectivity index (χ3n) is 9.50. The quantitative estimate of drug-likeness (QED) is 0.0701. The van der Waals surface area contributed by atoms with Crippen LogP contribution in [-0.2, 0) is 44.4 Å². The van der Waals surface area contributed by atoms with E-state index >= 15 is 0 Å². The number of methoxy groups -OCH3 is 2. The van der Waals surface area contributed by atoms with Crippen LogP contribution in [0.1, 0.15) is 18.1 Å². The zero-order chi connectivity index (χ0) is 40.0. The van der Waals surface area contributed by atoms with E-state index < -0.39 is 105 Å². The molecule has 55 heavy (non-hydrogen) atoms. The highest BCUT2D eigenvalue weighted by Crippen LogP contribution is 2.34. The van der Waals surface area contributed by atoms with Gasteiger partial charge in [0.1, 0.15) is 48.3 Å². The van der Waals surface area contributed by atoms with Crippen molar-refractivity contribution >= 4 is 12.0 Å². The molecule has 3 saturated heterocycles. The van der Waals surface area contributed by atoms with E-state index in [1.165, 1.54) is 51.5 Å². The number of aliphatic hydroxyl groups is 7. The van der Waals surface area contributed by atoms with Gasteiger partial charge in [-0.3, -0.25) is 0 Å². The van der Waals surface area contributed by atoms with Crippen molar-refractivity contribution in [1.29, 1.82) is 0 Å². The molecule has 2 aromatic carbocycles. The van der Waals surface area contributed by atoms with E-state index in [9.17, 15) is 50.8 Å². The Morgan fingerprint density at radius 3 is 2.27 bits per heavy atom. The molecule has 3 heterocycles. The second kappa shape index (κ2) is 18.5. The maximum Gasteiger partial charge on any atom is 0.331 e. The Labute approximate surface area is 315 Å². The minimum absolute atomic E-state index is 0.102. The molecule has 9 N–H and O–H groups in total. The van der Waals surface area contributed by atoms with Crippen molar-refractivity contribution in [1.82, 2.24) is 0 Å². The number of phenols is 2. The monoisotopic (exact) mass is 784 g/mol. The van der Waals surface area contributed by atoms with Gasteiger partial charge < -0.3 is 88.6 Å². The molecule has 13 atom stereocenters. The van der Waals surface area contributed by atoms with Gasteiger partial charge >= 0.3 is 5.97 Å². The molecule has 0 aliphatic carbocycles. The standard InChI is InChI=1S/C36H48O19/c1-17-26(41)27(42)28(43)34(52-17)55-31-29(44)33(49-11-10-19-5-8-22(47-2)21(39)12-19)53-24(14-50-35-32(45)36(46,15-37)16-51-35)30(31)54-25(40)9-6-18-4-7-20(38)23(13-18)48-3/h4-9,12-13,17,24,26-35,37-39,41-46H,10-11,14-16H2,1-3H3/t17-,24+,26-,27+,28+,29+,30+,31+,32-,33+,34+,35-,36+/m0/s1. The molecule has 5 rings (SSSR count). The highest BCUT2D eigenvalue weighted by atomic mass is 16.8. The van der Waals surface area contributed by atoms with Crippen LogP contribution in [0.4, 0.5) is 0 Å². The number of benzene rings is 2. The van der Waals surface area contributed by atoms with Crippen LogP contribution in [0.3, 0.4) is 0 Å². The van der Waals surface area contributed by atoms with Gasteiger partial charge in [-0.1, -0.05) is 12.1 Å². The van der Waals surface area contributed by atoms with E-state index in [1.807, 2.05) is 0 Å². The van der Waals surface area contributed by atoms with Crippen molar-refractivity contribution in [3.05, 3.63) is 53.6 Å². The number of ether oxygens (including phenoxy) is 9. The normalized spacial score (nSPS) is 35.2. The van der Waals surface area contributed by atoms with E-state index in [4.69, 9.17) is 42.6 Å². The van der Waals surface area contributed by atoms with Crippen molar-refractivity contribution < 1.29 is 93.4 Å². The van der Waals surface area contributed by atoms with Crippen LogP contribution >= 0.6 is 0 Å². The molecule has 0 radical (unpaired) electrons. The maximum atomic E-state index is 13.4. The largest absolute Gasteiger partial charge is 0.504 e. The lowest BCUT2D eigenvalue weighted by molar-refractivity contribution is -0.360. The highest BCUT2D eigenvalue weighted by molar-refractivity contribution is 5.87. The van der Waals surface area contributed by atoms with Gasteiger partial charge in [0.05, 0.1) is 46.8 Å². The Hall–Kier alpha value is -3.67. The van der Waals surface area contributed by atoms with Crippen LogP contribution in [0.15, 0.2) is 42.5 Å². The van der Waals surface area contributed by atoms with Crippen LogP contribution in [0.2, 0.25) is 0 Å². The van der Waals surface area contributed by atoms with Crippen molar-refractivity contribution in [2.75, 3.05) is 40.6 Å². The summed E-state index contributed by atoms with van der Waals surface area (Å²) in [5.74, 6) is -0.850. The molecule has 0 spiro atoms. The summed E-state index contributed by atoms with van der Waals surface area (Å²) in [5, 5.41) is 94.0. The van der Waals surface area contributed by atoms with Gasteiger partial charge in [-0.2, -0.15) is 0 Å². The predicted octanol–water partition coefficient (Wildman–Crippen LogP) is -1.94.